The van der Waals surface area contributed by atoms with Crippen molar-refractivity contribution in [2.75, 3.05) is 6.54 Å². The zero-order chi connectivity index (χ0) is 14.4. The summed E-state index contributed by atoms with van der Waals surface area (Å²) in [4.78, 5) is 10.7. The molecular formula is C14H24N4O2. The third kappa shape index (κ3) is 4.30. The van der Waals surface area contributed by atoms with E-state index in [1.54, 1.807) is 4.68 Å². The fourth-order valence-electron chi connectivity index (χ4n) is 2.89. The Bertz CT molecular complexity index is 425. The maximum absolute atomic E-state index is 10.7. The number of carboxylic acids is 1. The van der Waals surface area contributed by atoms with Gasteiger partial charge in [-0.15, -0.1) is 5.10 Å². The van der Waals surface area contributed by atoms with E-state index in [0.717, 1.165) is 12.5 Å². The van der Waals surface area contributed by atoms with Crippen LogP contribution >= 0.6 is 0 Å². The molecule has 2 N–H and O–H groups in total. The molecule has 6 nitrogen and oxygen atoms in total. The molecule has 1 aliphatic carbocycles. The SMILES string of the molecule is C[C@@H](NCCn1cc(C(=O)O)nn1)C1CCCCCC1. The molecule has 1 saturated carbocycles. The molecule has 1 aliphatic rings. The minimum Gasteiger partial charge on any atom is -0.476 e. The van der Waals surface area contributed by atoms with E-state index in [2.05, 4.69) is 22.6 Å². The Hall–Kier alpha value is -1.43. The van der Waals surface area contributed by atoms with Crippen LogP contribution in [0.15, 0.2) is 6.20 Å². The molecular weight excluding hydrogens is 256 g/mol. The smallest absolute Gasteiger partial charge is 0.358 e. The molecule has 1 aromatic heterocycles. The van der Waals surface area contributed by atoms with Gasteiger partial charge in [-0.1, -0.05) is 30.9 Å². The van der Waals surface area contributed by atoms with Gasteiger partial charge in [-0.3, -0.25) is 4.68 Å². The summed E-state index contributed by atoms with van der Waals surface area (Å²) in [6.07, 6.45) is 9.56. The summed E-state index contributed by atoms with van der Waals surface area (Å²) in [5.41, 5.74) is 0.00168. The molecule has 0 saturated heterocycles. The van der Waals surface area contributed by atoms with Crippen molar-refractivity contribution in [3.63, 3.8) is 0 Å². The van der Waals surface area contributed by atoms with Crippen LogP contribution in [-0.2, 0) is 6.54 Å². The van der Waals surface area contributed by atoms with E-state index < -0.39 is 5.97 Å². The minimum atomic E-state index is -1.03. The van der Waals surface area contributed by atoms with Crippen molar-refractivity contribution in [1.29, 1.82) is 0 Å². The van der Waals surface area contributed by atoms with E-state index in [1.807, 2.05) is 0 Å². The predicted octanol–water partition coefficient (Wildman–Crippen LogP) is 1.92. The second-order valence-corrected chi connectivity index (χ2v) is 5.67. The number of rotatable bonds is 6. The normalized spacial score (nSPS) is 18.6. The summed E-state index contributed by atoms with van der Waals surface area (Å²) in [5, 5.41) is 19.7. The first-order chi connectivity index (χ1) is 9.66. The van der Waals surface area contributed by atoms with Gasteiger partial charge in [0.15, 0.2) is 5.69 Å². The first-order valence-electron chi connectivity index (χ1n) is 7.53. The molecule has 6 heteroatoms. The van der Waals surface area contributed by atoms with Gasteiger partial charge in [0.2, 0.25) is 0 Å². The van der Waals surface area contributed by atoms with Crippen molar-refractivity contribution in [1.82, 2.24) is 20.3 Å². The van der Waals surface area contributed by atoms with Crippen LogP contribution in [0.4, 0.5) is 0 Å². The maximum atomic E-state index is 10.7. The van der Waals surface area contributed by atoms with Crippen molar-refractivity contribution >= 4 is 5.97 Å². The summed E-state index contributed by atoms with van der Waals surface area (Å²) in [6, 6.07) is 0.510. The van der Waals surface area contributed by atoms with Gasteiger partial charge in [-0.2, -0.15) is 0 Å². The van der Waals surface area contributed by atoms with Crippen molar-refractivity contribution in [3.8, 4) is 0 Å². The average molecular weight is 280 g/mol. The fourth-order valence-corrected chi connectivity index (χ4v) is 2.89. The standard InChI is InChI=1S/C14H24N4O2/c1-11(12-6-4-2-3-5-7-12)15-8-9-18-10-13(14(19)20)16-17-18/h10-12,15H,2-9H2,1H3,(H,19,20)/t11-/m1/s1. The number of hydrogen-bond donors (Lipinski definition) is 2. The van der Waals surface area contributed by atoms with E-state index in [4.69, 9.17) is 5.11 Å². The summed E-state index contributed by atoms with van der Waals surface area (Å²) in [6.45, 7) is 3.69. The van der Waals surface area contributed by atoms with Crippen LogP contribution in [0.5, 0.6) is 0 Å². The highest BCUT2D eigenvalue weighted by atomic mass is 16.4. The highest BCUT2D eigenvalue weighted by Crippen LogP contribution is 2.25. The zero-order valence-electron chi connectivity index (χ0n) is 12.1. The summed E-state index contributed by atoms with van der Waals surface area (Å²) >= 11 is 0. The lowest BCUT2D eigenvalue weighted by Gasteiger charge is -2.23. The lowest BCUT2D eigenvalue weighted by molar-refractivity contribution is 0.0690. The minimum absolute atomic E-state index is 0.00168. The number of hydrogen-bond acceptors (Lipinski definition) is 4. The number of carboxylic acid groups (broad SMARTS) is 1. The molecule has 112 valence electrons. The Morgan fingerprint density at radius 1 is 1.45 bits per heavy atom. The van der Waals surface area contributed by atoms with Crippen LogP contribution in [0.1, 0.15) is 55.9 Å². The molecule has 20 heavy (non-hydrogen) atoms. The molecule has 0 bridgehead atoms. The number of carbonyl (C=O) groups is 1. The van der Waals surface area contributed by atoms with Gasteiger partial charge in [-0.05, 0) is 25.7 Å². The Morgan fingerprint density at radius 2 is 2.15 bits per heavy atom. The topological polar surface area (TPSA) is 80.0 Å². The van der Waals surface area contributed by atoms with Gasteiger partial charge in [0.1, 0.15) is 0 Å². The molecule has 0 amide bonds. The third-order valence-electron chi connectivity index (χ3n) is 4.17. The van der Waals surface area contributed by atoms with Crippen LogP contribution in [0.2, 0.25) is 0 Å². The Labute approximate surface area is 119 Å². The number of aromatic nitrogens is 3. The number of nitrogens with one attached hydrogen (secondary N) is 1. The van der Waals surface area contributed by atoms with Gasteiger partial charge < -0.3 is 10.4 Å². The van der Waals surface area contributed by atoms with Crippen molar-refractivity contribution in [3.05, 3.63) is 11.9 Å². The molecule has 1 atom stereocenters. The molecule has 0 radical (unpaired) electrons. The van der Waals surface area contributed by atoms with E-state index in [0.29, 0.717) is 12.6 Å². The van der Waals surface area contributed by atoms with E-state index >= 15 is 0 Å². The van der Waals surface area contributed by atoms with Crippen molar-refractivity contribution in [2.45, 2.75) is 58.0 Å². The molecule has 1 heterocycles. The first kappa shape index (κ1) is 15.0. The average Bonchev–Trinajstić information content (AvgIpc) is 2.73. The van der Waals surface area contributed by atoms with E-state index in [-0.39, 0.29) is 5.69 Å². The highest BCUT2D eigenvalue weighted by Gasteiger charge is 2.18. The number of aromatic carboxylic acids is 1. The first-order valence-corrected chi connectivity index (χ1v) is 7.53. The summed E-state index contributed by atoms with van der Waals surface area (Å²) < 4.78 is 1.58. The molecule has 2 rings (SSSR count). The zero-order valence-corrected chi connectivity index (χ0v) is 12.1. The van der Waals surface area contributed by atoms with Gasteiger partial charge in [-0.25, -0.2) is 4.79 Å². The fraction of sp³-hybridized carbons (Fsp3) is 0.786. The quantitative estimate of drug-likeness (QED) is 0.778. The Kier molecular flexibility index (Phi) is 5.52. The van der Waals surface area contributed by atoms with Crippen LogP contribution in [0.25, 0.3) is 0 Å². The second kappa shape index (κ2) is 7.38. The predicted molar refractivity (Wildman–Crippen MR) is 75.6 cm³/mol. The third-order valence-corrected chi connectivity index (χ3v) is 4.17. The lowest BCUT2D eigenvalue weighted by Crippen LogP contribution is -2.35. The second-order valence-electron chi connectivity index (χ2n) is 5.67. The number of nitrogens with zero attached hydrogens (tertiary/aromatic N) is 3. The Morgan fingerprint density at radius 3 is 2.75 bits per heavy atom. The largest absolute Gasteiger partial charge is 0.476 e. The Balaban J connectivity index is 1.72. The van der Waals surface area contributed by atoms with Crippen molar-refractivity contribution < 1.29 is 9.90 Å². The monoisotopic (exact) mass is 280 g/mol. The highest BCUT2D eigenvalue weighted by molar-refractivity contribution is 5.84. The summed E-state index contributed by atoms with van der Waals surface area (Å²) in [5.74, 6) is -0.265. The van der Waals surface area contributed by atoms with Crippen LogP contribution < -0.4 is 5.32 Å². The molecule has 0 aliphatic heterocycles. The summed E-state index contributed by atoms with van der Waals surface area (Å²) in [7, 11) is 0. The van der Waals surface area contributed by atoms with Crippen LogP contribution in [0, 0.1) is 5.92 Å². The van der Waals surface area contributed by atoms with Gasteiger partial charge in [0.25, 0.3) is 0 Å². The van der Waals surface area contributed by atoms with E-state index in [9.17, 15) is 4.79 Å². The molecule has 1 aromatic rings. The molecule has 0 spiro atoms. The lowest BCUT2D eigenvalue weighted by atomic mass is 9.93. The van der Waals surface area contributed by atoms with E-state index in [1.165, 1.54) is 44.7 Å². The molecule has 0 unspecified atom stereocenters. The van der Waals surface area contributed by atoms with Crippen LogP contribution in [-0.4, -0.2) is 38.7 Å². The molecule has 0 aromatic carbocycles. The molecule has 1 fully saturated rings. The van der Waals surface area contributed by atoms with Gasteiger partial charge >= 0.3 is 5.97 Å². The maximum Gasteiger partial charge on any atom is 0.358 e. The van der Waals surface area contributed by atoms with Crippen molar-refractivity contribution in [2.24, 2.45) is 5.92 Å². The van der Waals surface area contributed by atoms with Crippen LogP contribution in [0.3, 0.4) is 0 Å². The van der Waals surface area contributed by atoms with Gasteiger partial charge in [0, 0.05) is 12.6 Å². The van der Waals surface area contributed by atoms with Gasteiger partial charge in [0.05, 0.1) is 12.7 Å².